The highest BCUT2D eigenvalue weighted by Gasteiger charge is 2.34. The molecule has 1 aliphatic heterocycles. The van der Waals surface area contributed by atoms with E-state index in [1.165, 1.54) is 17.6 Å². The molecule has 8 heteroatoms. The lowest BCUT2D eigenvalue weighted by Gasteiger charge is -2.12. The van der Waals surface area contributed by atoms with Crippen molar-refractivity contribution in [3.63, 3.8) is 0 Å². The molecule has 0 spiro atoms. The third-order valence-electron chi connectivity index (χ3n) is 4.21. The molecule has 0 aliphatic carbocycles. The van der Waals surface area contributed by atoms with Crippen LogP contribution in [0.1, 0.15) is 16.7 Å². The second-order valence-corrected chi connectivity index (χ2v) is 9.12. The van der Waals surface area contributed by atoms with E-state index in [4.69, 9.17) is 9.47 Å². The second kappa shape index (κ2) is 9.93. The van der Waals surface area contributed by atoms with E-state index in [0.717, 1.165) is 31.8 Å². The molecule has 29 heavy (non-hydrogen) atoms. The Morgan fingerprint density at radius 1 is 1.10 bits per heavy atom. The molecule has 3 rings (SSSR count). The third-order valence-corrected chi connectivity index (χ3v) is 6.30. The van der Waals surface area contributed by atoms with Crippen LogP contribution < -0.4 is 4.74 Å². The van der Waals surface area contributed by atoms with Crippen molar-refractivity contribution < 1.29 is 19.1 Å². The fourth-order valence-corrected chi connectivity index (χ4v) is 4.98. The molecule has 2 amide bonds. The minimum atomic E-state index is -0.302. The van der Waals surface area contributed by atoms with Gasteiger partial charge >= 0.3 is 0 Å². The number of benzene rings is 2. The van der Waals surface area contributed by atoms with Crippen LogP contribution in [0.5, 0.6) is 5.75 Å². The highest BCUT2D eigenvalue weighted by atomic mass is 79.9. The second-order valence-electron chi connectivity index (χ2n) is 6.41. The van der Waals surface area contributed by atoms with Gasteiger partial charge in [-0.05, 0) is 79.9 Å². The molecule has 0 N–H and O–H groups in total. The summed E-state index contributed by atoms with van der Waals surface area (Å²) in [6, 6.07) is 11.9. The number of amides is 2. The summed E-state index contributed by atoms with van der Waals surface area (Å²) < 4.78 is 12.4. The molecule has 1 aliphatic rings. The van der Waals surface area contributed by atoms with E-state index < -0.39 is 0 Å². The fourth-order valence-electron chi connectivity index (χ4n) is 2.67. The highest BCUT2D eigenvalue weighted by molar-refractivity contribution is 9.11. The van der Waals surface area contributed by atoms with Gasteiger partial charge in [0.1, 0.15) is 12.4 Å². The van der Waals surface area contributed by atoms with Crippen LogP contribution in [0, 0.1) is 6.92 Å². The Balaban J connectivity index is 1.75. The molecule has 1 saturated heterocycles. The van der Waals surface area contributed by atoms with E-state index in [1.807, 2.05) is 43.3 Å². The van der Waals surface area contributed by atoms with Crippen molar-refractivity contribution in [2.75, 3.05) is 20.3 Å². The SMILES string of the molecule is COCCN1C(=O)S/C(=C/c2cc(Br)c(OCc3ccc(C)cc3)c(Br)c2)C1=O. The number of hydrogen-bond donors (Lipinski definition) is 0. The van der Waals surface area contributed by atoms with E-state index >= 15 is 0 Å². The number of aryl methyl sites for hydroxylation is 1. The molecule has 1 fully saturated rings. The molecule has 0 bridgehead atoms. The Morgan fingerprint density at radius 3 is 2.38 bits per heavy atom. The summed E-state index contributed by atoms with van der Waals surface area (Å²) in [6.45, 7) is 3.05. The number of halogens is 2. The third kappa shape index (κ3) is 5.51. The van der Waals surface area contributed by atoms with Crippen LogP contribution in [-0.2, 0) is 16.1 Å². The molecular weight excluding hydrogens is 522 g/mol. The maximum absolute atomic E-state index is 12.5. The number of carbonyl (C=O) groups is 2. The lowest BCUT2D eigenvalue weighted by Crippen LogP contribution is -2.31. The van der Waals surface area contributed by atoms with E-state index in [0.29, 0.717) is 23.9 Å². The Bertz CT molecular complexity index is 937. The van der Waals surface area contributed by atoms with E-state index in [1.54, 1.807) is 6.08 Å². The lowest BCUT2D eigenvalue weighted by molar-refractivity contribution is -0.123. The smallest absolute Gasteiger partial charge is 0.293 e. The van der Waals surface area contributed by atoms with Gasteiger partial charge in [0.2, 0.25) is 0 Å². The van der Waals surface area contributed by atoms with Gasteiger partial charge in [-0.2, -0.15) is 0 Å². The standard InChI is InChI=1S/C21H19Br2NO4S/c1-13-3-5-14(6-4-13)12-28-19-16(22)9-15(10-17(19)23)11-18-20(25)24(7-8-27-2)21(26)29-18/h3-6,9-11H,7-8,12H2,1-2H3/b18-11+. The molecule has 152 valence electrons. The van der Waals surface area contributed by atoms with Crippen LogP contribution in [-0.4, -0.2) is 36.3 Å². The maximum Gasteiger partial charge on any atom is 0.293 e. The predicted octanol–water partition coefficient (Wildman–Crippen LogP) is 5.78. The van der Waals surface area contributed by atoms with Crippen LogP contribution in [0.3, 0.4) is 0 Å². The van der Waals surface area contributed by atoms with Crippen LogP contribution in [0.4, 0.5) is 4.79 Å². The van der Waals surface area contributed by atoms with E-state index in [-0.39, 0.29) is 17.7 Å². The largest absolute Gasteiger partial charge is 0.487 e. The molecule has 0 aromatic heterocycles. The lowest BCUT2D eigenvalue weighted by atomic mass is 10.1. The zero-order chi connectivity index (χ0) is 21.0. The molecule has 0 atom stereocenters. The van der Waals surface area contributed by atoms with Gasteiger partial charge in [0.15, 0.2) is 0 Å². The zero-order valence-electron chi connectivity index (χ0n) is 15.9. The fraction of sp³-hybridized carbons (Fsp3) is 0.238. The number of thioether (sulfide) groups is 1. The van der Waals surface area contributed by atoms with Crippen molar-refractivity contribution in [2.45, 2.75) is 13.5 Å². The topological polar surface area (TPSA) is 55.8 Å². The van der Waals surface area contributed by atoms with Gasteiger partial charge in [-0.1, -0.05) is 29.8 Å². The number of hydrogen-bond acceptors (Lipinski definition) is 5. The number of rotatable bonds is 7. The summed E-state index contributed by atoms with van der Waals surface area (Å²) in [5, 5.41) is -0.283. The Morgan fingerprint density at radius 2 is 1.76 bits per heavy atom. The number of imide groups is 1. The van der Waals surface area contributed by atoms with Crippen LogP contribution >= 0.6 is 43.6 Å². The number of carbonyl (C=O) groups excluding carboxylic acids is 2. The normalized spacial score (nSPS) is 15.4. The molecule has 2 aromatic rings. The van der Waals surface area contributed by atoms with Crippen molar-refractivity contribution in [1.29, 1.82) is 0 Å². The van der Waals surface area contributed by atoms with Crippen LogP contribution in [0.2, 0.25) is 0 Å². The molecule has 2 aromatic carbocycles. The summed E-state index contributed by atoms with van der Waals surface area (Å²) in [5.74, 6) is 0.375. The average Bonchev–Trinajstić information content (AvgIpc) is 2.94. The van der Waals surface area contributed by atoms with Crippen molar-refractivity contribution >= 4 is 60.8 Å². The first-order valence-electron chi connectivity index (χ1n) is 8.80. The first-order chi connectivity index (χ1) is 13.9. The maximum atomic E-state index is 12.5. The van der Waals surface area contributed by atoms with Crippen molar-refractivity contribution in [2.24, 2.45) is 0 Å². The Labute approximate surface area is 190 Å². The number of ether oxygens (including phenoxy) is 2. The molecule has 0 unspecified atom stereocenters. The molecule has 1 heterocycles. The van der Waals surface area contributed by atoms with E-state index in [2.05, 4.69) is 31.9 Å². The van der Waals surface area contributed by atoms with Gasteiger partial charge in [-0.25, -0.2) is 0 Å². The summed E-state index contributed by atoms with van der Waals surface area (Å²) in [7, 11) is 1.53. The monoisotopic (exact) mass is 539 g/mol. The molecule has 0 saturated carbocycles. The minimum absolute atomic E-state index is 0.248. The highest BCUT2D eigenvalue weighted by Crippen LogP contribution is 2.38. The first kappa shape index (κ1) is 22.1. The van der Waals surface area contributed by atoms with Gasteiger partial charge in [0.25, 0.3) is 11.1 Å². The predicted molar refractivity (Wildman–Crippen MR) is 122 cm³/mol. The van der Waals surface area contributed by atoms with Gasteiger partial charge < -0.3 is 9.47 Å². The molecule has 0 radical (unpaired) electrons. The Kier molecular flexibility index (Phi) is 7.56. The first-order valence-corrected chi connectivity index (χ1v) is 11.2. The summed E-state index contributed by atoms with van der Waals surface area (Å²) >= 11 is 8.00. The van der Waals surface area contributed by atoms with Crippen molar-refractivity contribution in [3.8, 4) is 5.75 Å². The summed E-state index contributed by atoms with van der Waals surface area (Å²) in [5.41, 5.74) is 3.05. The minimum Gasteiger partial charge on any atom is -0.487 e. The van der Waals surface area contributed by atoms with Crippen LogP contribution in [0.15, 0.2) is 50.2 Å². The molecular formula is C21H19Br2NO4S. The quantitative estimate of drug-likeness (QED) is 0.416. The van der Waals surface area contributed by atoms with E-state index in [9.17, 15) is 9.59 Å². The summed E-state index contributed by atoms with van der Waals surface area (Å²) in [4.78, 5) is 26.1. The average molecular weight is 541 g/mol. The number of methoxy groups -OCH3 is 1. The van der Waals surface area contributed by atoms with Crippen LogP contribution in [0.25, 0.3) is 6.08 Å². The number of nitrogens with zero attached hydrogens (tertiary/aromatic N) is 1. The zero-order valence-corrected chi connectivity index (χ0v) is 19.9. The van der Waals surface area contributed by atoms with Gasteiger partial charge in [0, 0.05) is 7.11 Å². The summed E-state index contributed by atoms with van der Waals surface area (Å²) in [6.07, 6.45) is 1.71. The molecule has 5 nitrogen and oxygen atoms in total. The van der Waals surface area contributed by atoms with Gasteiger partial charge in [-0.15, -0.1) is 0 Å². The van der Waals surface area contributed by atoms with Crippen molar-refractivity contribution in [1.82, 2.24) is 4.90 Å². The Hall–Kier alpha value is -1.61. The van der Waals surface area contributed by atoms with Crippen molar-refractivity contribution in [3.05, 3.63) is 66.9 Å². The van der Waals surface area contributed by atoms with Gasteiger partial charge in [0.05, 0.1) is 27.0 Å². The van der Waals surface area contributed by atoms with Gasteiger partial charge in [-0.3, -0.25) is 14.5 Å².